The summed E-state index contributed by atoms with van der Waals surface area (Å²) < 4.78 is 0. The van der Waals surface area contributed by atoms with Crippen LogP contribution in [0.15, 0.2) is 66.7 Å². The molecule has 0 unspecified atom stereocenters. The molecule has 2 amide bonds. The zero-order chi connectivity index (χ0) is 20.0. The minimum absolute atomic E-state index is 0.0510. The zero-order valence-corrected chi connectivity index (χ0v) is 15.6. The summed E-state index contributed by atoms with van der Waals surface area (Å²) in [5.74, 6) is -0.197. The Labute approximate surface area is 168 Å². The monoisotopic (exact) mass is 382 g/mol. The first kappa shape index (κ1) is 17.4. The van der Waals surface area contributed by atoms with Crippen LogP contribution in [-0.4, -0.2) is 24.1 Å². The maximum Gasteiger partial charge on any atom is 0.255 e. The first-order chi connectivity index (χ1) is 14.1. The van der Waals surface area contributed by atoms with Gasteiger partial charge < -0.3 is 10.2 Å². The predicted octanol–water partition coefficient (Wildman–Crippen LogP) is 4.28. The third-order valence-electron chi connectivity index (χ3n) is 5.50. The quantitative estimate of drug-likeness (QED) is 0.575. The summed E-state index contributed by atoms with van der Waals surface area (Å²) in [5.41, 5.74) is 4.91. The summed E-state index contributed by atoms with van der Waals surface area (Å²) in [7, 11) is 0. The van der Waals surface area contributed by atoms with E-state index in [0.29, 0.717) is 28.8 Å². The number of carbonyl (C=O) groups excluding carboxylic acids is 3. The second-order valence-electron chi connectivity index (χ2n) is 7.28. The van der Waals surface area contributed by atoms with Crippen LogP contribution >= 0.6 is 0 Å². The zero-order valence-electron chi connectivity index (χ0n) is 15.6. The van der Waals surface area contributed by atoms with Crippen LogP contribution in [0.5, 0.6) is 0 Å². The van der Waals surface area contributed by atoms with Gasteiger partial charge in [-0.3, -0.25) is 14.4 Å². The molecule has 0 bridgehead atoms. The van der Waals surface area contributed by atoms with Crippen molar-refractivity contribution in [2.24, 2.45) is 0 Å². The Morgan fingerprint density at radius 1 is 0.828 bits per heavy atom. The molecule has 0 spiro atoms. The summed E-state index contributed by atoms with van der Waals surface area (Å²) in [4.78, 5) is 39.0. The highest BCUT2D eigenvalue weighted by atomic mass is 16.2. The predicted molar refractivity (Wildman–Crippen MR) is 111 cm³/mol. The van der Waals surface area contributed by atoms with Crippen LogP contribution in [0.25, 0.3) is 11.1 Å². The molecule has 5 heteroatoms. The van der Waals surface area contributed by atoms with Crippen LogP contribution in [0.4, 0.5) is 11.4 Å². The molecule has 0 radical (unpaired) electrons. The van der Waals surface area contributed by atoms with Gasteiger partial charge in [0, 0.05) is 41.0 Å². The van der Waals surface area contributed by atoms with Gasteiger partial charge in [0.2, 0.25) is 5.91 Å². The van der Waals surface area contributed by atoms with E-state index < -0.39 is 0 Å². The van der Waals surface area contributed by atoms with Gasteiger partial charge in [-0.1, -0.05) is 30.3 Å². The Bertz CT molecular complexity index is 1160. The lowest BCUT2D eigenvalue weighted by Crippen LogP contribution is -2.23. The molecule has 5 nitrogen and oxygen atoms in total. The Balaban J connectivity index is 1.36. The average Bonchev–Trinajstić information content (AvgIpc) is 3.30. The molecule has 1 fully saturated rings. The molecule has 0 saturated carbocycles. The van der Waals surface area contributed by atoms with Gasteiger partial charge in [-0.15, -0.1) is 0 Å². The van der Waals surface area contributed by atoms with Gasteiger partial charge in [0.05, 0.1) is 0 Å². The Kier molecular flexibility index (Phi) is 4.02. The van der Waals surface area contributed by atoms with Crippen molar-refractivity contribution in [3.8, 4) is 11.1 Å². The molecular weight excluding hydrogens is 364 g/mol. The summed E-state index contributed by atoms with van der Waals surface area (Å²) in [6.07, 6.45) is 1.46. The van der Waals surface area contributed by atoms with Gasteiger partial charge in [0.15, 0.2) is 5.78 Å². The van der Waals surface area contributed by atoms with Crippen LogP contribution in [0.1, 0.15) is 39.1 Å². The van der Waals surface area contributed by atoms with E-state index in [1.54, 1.807) is 29.2 Å². The third-order valence-corrected chi connectivity index (χ3v) is 5.50. The number of hydrogen-bond acceptors (Lipinski definition) is 3. The highest BCUT2D eigenvalue weighted by Gasteiger charge is 2.27. The van der Waals surface area contributed by atoms with Crippen molar-refractivity contribution in [2.45, 2.75) is 12.8 Å². The highest BCUT2D eigenvalue weighted by molar-refractivity contribution is 6.22. The second-order valence-corrected chi connectivity index (χ2v) is 7.28. The van der Waals surface area contributed by atoms with Crippen LogP contribution in [0.3, 0.4) is 0 Å². The van der Waals surface area contributed by atoms with Gasteiger partial charge in [-0.25, -0.2) is 0 Å². The maximum atomic E-state index is 12.7. The van der Waals surface area contributed by atoms with E-state index in [2.05, 4.69) is 5.32 Å². The number of hydrogen-bond donors (Lipinski definition) is 1. The van der Waals surface area contributed by atoms with Crippen LogP contribution < -0.4 is 10.2 Å². The van der Waals surface area contributed by atoms with Crippen LogP contribution in [-0.2, 0) is 4.79 Å². The van der Waals surface area contributed by atoms with Crippen molar-refractivity contribution < 1.29 is 14.4 Å². The van der Waals surface area contributed by atoms with Gasteiger partial charge in [-0.2, -0.15) is 0 Å². The molecule has 2 aliphatic rings. The lowest BCUT2D eigenvalue weighted by molar-refractivity contribution is -0.117. The SMILES string of the molecule is O=C(Nc1ccc(N2CCCC2=O)cc1)c1ccc2c(c1)C(=O)c1ccccc1-2. The molecule has 5 rings (SSSR count). The Morgan fingerprint density at radius 3 is 2.28 bits per heavy atom. The fraction of sp³-hybridized carbons (Fsp3) is 0.125. The topological polar surface area (TPSA) is 66.5 Å². The van der Waals surface area contributed by atoms with Crippen LogP contribution in [0, 0.1) is 0 Å². The van der Waals surface area contributed by atoms with Crippen molar-refractivity contribution in [3.63, 3.8) is 0 Å². The van der Waals surface area contributed by atoms with E-state index in [9.17, 15) is 14.4 Å². The third kappa shape index (κ3) is 2.91. The van der Waals surface area contributed by atoms with Crippen molar-refractivity contribution in [1.29, 1.82) is 0 Å². The minimum atomic E-state index is -0.276. The first-order valence-electron chi connectivity index (χ1n) is 9.62. The van der Waals surface area contributed by atoms with Crippen molar-refractivity contribution in [3.05, 3.63) is 83.4 Å². The lowest BCUT2D eigenvalue weighted by atomic mass is 10.0. The standard InChI is InChI=1S/C24H18N2O3/c27-22-6-3-13-26(22)17-10-8-16(9-11-17)25-24(29)15-7-12-19-18-4-1-2-5-20(18)23(28)21(19)14-15/h1-2,4-5,7-12,14H,3,6,13H2,(H,25,29). The molecule has 1 N–H and O–H groups in total. The van der Waals surface area contributed by atoms with E-state index in [4.69, 9.17) is 0 Å². The molecule has 29 heavy (non-hydrogen) atoms. The number of nitrogens with one attached hydrogen (secondary N) is 1. The number of anilines is 2. The van der Waals surface area contributed by atoms with E-state index in [1.165, 1.54) is 0 Å². The number of amides is 2. The molecule has 1 heterocycles. The number of carbonyl (C=O) groups is 3. The van der Waals surface area contributed by atoms with E-state index in [0.717, 1.165) is 29.8 Å². The normalized spacial score (nSPS) is 14.7. The number of nitrogens with zero attached hydrogens (tertiary/aromatic N) is 1. The summed E-state index contributed by atoms with van der Waals surface area (Å²) in [5, 5.41) is 2.86. The molecule has 142 valence electrons. The minimum Gasteiger partial charge on any atom is -0.322 e. The molecule has 1 saturated heterocycles. The Morgan fingerprint density at radius 2 is 1.55 bits per heavy atom. The largest absolute Gasteiger partial charge is 0.322 e. The lowest BCUT2D eigenvalue weighted by Gasteiger charge is -2.16. The molecule has 0 atom stereocenters. The fourth-order valence-electron chi connectivity index (χ4n) is 4.02. The molecule has 3 aromatic rings. The summed E-state index contributed by atoms with van der Waals surface area (Å²) >= 11 is 0. The Hall–Kier alpha value is -3.73. The number of fused-ring (bicyclic) bond motifs is 3. The average molecular weight is 382 g/mol. The van der Waals surface area contributed by atoms with Gasteiger partial charge >= 0.3 is 0 Å². The summed E-state index contributed by atoms with van der Waals surface area (Å²) in [6, 6.07) is 19.9. The molecule has 0 aromatic heterocycles. The van der Waals surface area contributed by atoms with Gasteiger partial charge in [0.25, 0.3) is 5.91 Å². The first-order valence-corrected chi connectivity index (χ1v) is 9.62. The van der Waals surface area contributed by atoms with E-state index in [1.807, 2.05) is 42.5 Å². The number of ketones is 1. The van der Waals surface area contributed by atoms with Crippen LogP contribution in [0.2, 0.25) is 0 Å². The maximum absolute atomic E-state index is 12.7. The fourth-order valence-corrected chi connectivity index (χ4v) is 4.02. The highest BCUT2D eigenvalue weighted by Crippen LogP contribution is 2.36. The smallest absolute Gasteiger partial charge is 0.255 e. The van der Waals surface area contributed by atoms with Crippen molar-refractivity contribution >= 4 is 29.0 Å². The molecule has 1 aliphatic heterocycles. The summed E-state index contributed by atoms with van der Waals surface area (Å²) in [6.45, 7) is 0.732. The molecule has 1 aliphatic carbocycles. The second kappa shape index (κ2) is 6.71. The van der Waals surface area contributed by atoms with Crippen molar-refractivity contribution in [2.75, 3.05) is 16.8 Å². The van der Waals surface area contributed by atoms with E-state index >= 15 is 0 Å². The van der Waals surface area contributed by atoms with Gasteiger partial charge in [0.1, 0.15) is 0 Å². The van der Waals surface area contributed by atoms with Crippen molar-refractivity contribution in [1.82, 2.24) is 0 Å². The van der Waals surface area contributed by atoms with Gasteiger partial charge in [-0.05, 0) is 53.9 Å². The van der Waals surface area contributed by atoms with E-state index in [-0.39, 0.29) is 17.6 Å². The number of rotatable bonds is 3. The number of benzene rings is 3. The molecular formula is C24H18N2O3. The molecule has 3 aromatic carbocycles.